The second-order valence-electron chi connectivity index (χ2n) is 12.9. The van der Waals surface area contributed by atoms with Gasteiger partial charge in [0.1, 0.15) is 0 Å². The quantitative estimate of drug-likeness (QED) is 0.552. The predicted molar refractivity (Wildman–Crippen MR) is 131 cm³/mol. The monoisotopic (exact) mass is 459 g/mol. The molecule has 1 amide bonds. The van der Waals surface area contributed by atoms with Crippen molar-refractivity contribution in [1.29, 1.82) is 0 Å². The highest BCUT2D eigenvalue weighted by Crippen LogP contribution is 2.68. The summed E-state index contributed by atoms with van der Waals surface area (Å²) in [6, 6.07) is 0. The van der Waals surface area contributed by atoms with Crippen molar-refractivity contribution in [3.63, 3.8) is 0 Å². The summed E-state index contributed by atoms with van der Waals surface area (Å²) in [4.78, 5) is 16.2. The van der Waals surface area contributed by atoms with Gasteiger partial charge in [-0.2, -0.15) is 0 Å². The molecule has 188 valence electrons. The van der Waals surface area contributed by atoms with Gasteiger partial charge in [0, 0.05) is 18.0 Å². The lowest BCUT2D eigenvalue weighted by Crippen LogP contribution is -2.67. The van der Waals surface area contributed by atoms with Crippen LogP contribution >= 0.6 is 0 Å². The Labute approximate surface area is 201 Å². The van der Waals surface area contributed by atoms with Crippen molar-refractivity contribution in [1.82, 2.24) is 4.90 Å². The average molecular weight is 460 g/mol. The van der Waals surface area contributed by atoms with E-state index < -0.39 is 12.2 Å². The van der Waals surface area contributed by atoms with E-state index in [1.165, 1.54) is 38.5 Å². The molecule has 4 nitrogen and oxygen atoms in total. The molecule has 0 aromatic carbocycles. The van der Waals surface area contributed by atoms with E-state index in [-0.39, 0.29) is 22.8 Å². The molecule has 0 spiro atoms. The molecule has 1 saturated heterocycles. The highest BCUT2D eigenvalue weighted by atomic mass is 16.3. The summed E-state index contributed by atoms with van der Waals surface area (Å²) in [6.07, 6.45) is 12.6. The maximum Gasteiger partial charge on any atom is 0.226 e. The van der Waals surface area contributed by atoms with Crippen molar-refractivity contribution in [2.45, 2.75) is 122 Å². The standard InChI is InChI=1S/C27H43NO3.C2H6/c1-26-12-11-22(29)24(30)21(26)9-8-18-20(26)10-13-27(2)23(18)19-14-17(19)15-28(27)25(31)16-6-4-3-5-7-16;1-2/h16-24,29-30H,3-15H2,1-2H3;1-2H3. The van der Waals surface area contributed by atoms with Crippen LogP contribution in [0.1, 0.15) is 105 Å². The molecular weight excluding hydrogens is 410 g/mol. The third kappa shape index (κ3) is 3.63. The summed E-state index contributed by atoms with van der Waals surface area (Å²) >= 11 is 0. The summed E-state index contributed by atoms with van der Waals surface area (Å²) in [5.41, 5.74) is 0.201. The Morgan fingerprint density at radius 3 is 2.30 bits per heavy atom. The fourth-order valence-electron chi connectivity index (χ4n) is 9.91. The first-order chi connectivity index (χ1) is 15.8. The first-order valence-corrected chi connectivity index (χ1v) is 14.5. The number of fused-ring (bicyclic) bond motifs is 7. The van der Waals surface area contributed by atoms with Crippen LogP contribution < -0.4 is 0 Å². The molecule has 1 aliphatic heterocycles. The highest BCUT2D eigenvalue weighted by Gasteiger charge is 2.67. The number of rotatable bonds is 1. The van der Waals surface area contributed by atoms with Crippen LogP contribution in [0.5, 0.6) is 0 Å². The van der Waals surface area contributed by atoms with E-state index in [0.29, 0.717) is 23.7 Å². The van der Waals surface area contributed by atoms with Gasteiger partial charge < -0.3 is 15.1 Å². The van der Waals surface area contributed by atoms with Gasteiger partial charge in [-0.25, -0.2) is 0 Å². The molecule has 5 aliphatic carbocycles. The number of likely N-dealkylation sites (tertiary alicyclic amines) is 1. The van der Waals surface area contributed by atoms with E-state index >= 15 is 0 Å². The number of carbonyl (C=O) groups excluding carboxylic acids is 1. The van der Waals surface area contributed by atoms with Crippen molar-refractivity contribution in [3.8, 4) is 0 Å². The number of nitrogens with zero attached hydrogens (tertiary/aromatic N) is 1. The SMILES string of the molecule is CC.CC12CCC(O)C(O)C1CCC1C2CCC2(C)C1C1CC1CN2C(=O)C1CCCCC1. The second-order valence-corrected chi connectivity index (χ2v) is 12.9. The van der Waals surface area contributed by atoms with Crippen LogP contribution in [0.3, 0.4) is 0 Å². The molecule has 0 aromatic rings. The number of aliphatic hydroxyl groups excluding tert-OH is 2. The van der Waals surface area contributed by atoms with Crippen molar-refractivity contribution in [2.75, 3.05) is 6.54 Å². The summed E-state index contributed by atoms with van der Waals surface area (Å²) in [6.45, 7) is 9.91. The van der Waals surface area contributed by atoms with E-state index in [1.807, 2.05) is 13.8 Å². The van der Waals surface area contributed by atoms with Crippen molar-refractivity contribution in [2.24, 2.45) is 46.8 Å². The molecule has 10 atom stereocenters. The molecule has 6 rings (SSSR count). The normalized spacial score (nSPS) is 51.2. The topological polar surface area (TPSA) is 60.8 Å². The van der Waals surface area contributed by atoms with Crippen LogP contribution in [0.25, 0.3) is 0 Å². The van der Waals surface area contributed by atoms with Gasteiger partial charge in [0.15, 0.2) is 0 Å². The number of aliphatic hydroxyl groups is 2. The minimum absolute atomic E-state index is 0.0450. The molecule has 1 heterocycles. The summed E-state index contributed by atoms with van der Waals surface area (Å²) in [7, 11) is 0. The van der Waals surface area contributed by atoms with E-state index in [2.05, 4.69) is 18.7 Å². The average Bonchev–Trinajstić information content (AvgIpc) is 3.61. The maximum atomic E-state index is 13.8. The maximum absolute atomic E-state index is 13.8. The Bertz CT molecular complexity index is 734. The van der Waals surface area contributed by atoms with Crippen LogP contribution in [0.15, 0.2) is 0 Å². The van der Waals surface area contributed by atoms with Crippen molar-refractivity contribution in [3.05, 3.63) is 0 Å². The number of hydrogen-bond donors (Lipinski definition) is 2. The zero-order chi connectivity index (χ0) is 23.5. The molecule has 0 radical (unpaired) electrons. The van der Waals surface area contributed by atoms with Gasteiger partial charge in [0.05, 0.1) is 12.2 Å². The van der Waals surface area contributed by atoms with Crippen molar-refractivity contribution >= 4 is 5.91 Å². The van der Waals surface area contributed by atoms with Crippen LogP contribution in [0, 0.1) is 46.8 Å². The Balaban J connectivity index is 0.00000111. The molecular formula is C29H49NO3. The molecule has 4 heteroatoms. The van der Waals surface area contributed by atoms with Gasteiger partial charge in [0.2, 0.25) is 5.91 Å². The Kier molecular flexibility index (Phi) is 6.43. The third-order valence-corrected chi connectivity index (χ3v) is 11.6. The molecule has 0 aromatic heterocycles. The van der Waals surface area contributed by atoms with Gasteiger partial charge in [-0.15, -0.1) is 0 Å². The number of piperidine rings is 1. The van der Waals surface area contributed by atoms with E-state index in [9.17, 15) is 15.0 Å². The number of hydrogen-bond acceptors (Lipinski definition) is 3. The zero-order valence-electron chi connectivity index (χ0n) is 21.6. The predicted octanol–water partition coefficient (Wildman–Crippen LogP) is 5.40. The largest absolute Gasteiger partial charge is 0.390 e. The Morgan fingerprint density at radius 1 is 0.848 bits per heavy atom. The minimum Gasteiger partial charge on any atom is -0.390 e. The van der Waals surface area contributed by atoms with Crippen molar-refractivity contribution < 1.29 is 15.0 Å². The summed E-state index contributed by atoms with van der Waals surface area (Å²) in [5.74, 6) is 4.59. The smallest absolute Gasteiger partial charge is 0.226 e. The molecule has 2 N–H and O–H groups in total. The molecule has 10 unspecified atom stereocenters. The lowest BCUT2D eigenvalue weighted by Gasteiger charge is -2.65. The Morgan fingerprint density at radius 2 is 1.58 bits per heavy atom. The van der Waals surface area contributed by atoms with Crippen LogP contribution in [0.2, 0.25) is 0 Å². The van der Waals surface area contributed by atoms with E-state index in [0.717, 1.165) is 56.9 Å². The fourth-order valence-corrected chi connectivity index (χ4v) is 9.91. The molecule has 33 heavy (non-hydrogen) atoms. The summed E-state index contributed by atoms with van der Waals surface area (Å²) in [5, 5.41) is 21.2. The zero-order valence-corrected chi connectivity index (χ0v) is 21.6. The van der Waals surface area contributed by atoms with Gasteiger partial charge >= 0.3 is 0 Å². The third-order valence-electron chi connectivity index (χ3n) is 11.6. The van der Waals surface area contributed by atoms with Crippen LogP contribution in [-0.4, -0.2) is 45.3 Å². The lowest BCUT2D eigenvalue weighted by molar-refractivity contribution is -0.191. The van der Waals surface area contributed by atoms with Gasteiger partial charge in [-0.05, 0) is 106 Å². The van der Waals surface area contributed by atoms with Gasteiger partial charge in [-0.1, -0.05) is 40.0 Å². The highest BCUT2D eigenvalue weighted by molar-refractivity contribution is 5.80. The van der Waals surface area contributed by atoms with Gasteiger partial charge in [-0.3, -0.25) is 4.79 Å². The Hall–Kier alpha value is -0.610. The minimum atomic E-state index is -0.544. The van der Waals surface area contributed by atoms with Gasteiger partial charge in [0.25, 0.3) is 0 Å². The molecule has 0 bridgehead atoms. The second kappa shape index (κ2) is 8.80. The molecule has 6 fully saturated rings. The van der Waals surface area contributed by atoms with Crippen LogP contribution in [0.4, 0.5) is 0 Å². The fraction of sp³-hybridized carbons (Fsp3) is 0.966. The molecule has 6 aliphatic rings. The first kappa shape index (κ1) is 24.1. The lowest BCUT2D eigenvalue weighted by atomic mass is 9.44. The number of amides is 1. The first-order valence-electron chi connectivity index (χ1n) is 14.5. The van der Waals surface area contributed by atoms with E-state index in [4.69, 9.17) is 0 Å². The number of carbonyl (C=O) groups is 1. The summed E-state index contributed by atoms with van der Waals surface area (Å²) < 4.78 is 0. The van der Waals surface area contributed by atoms with E-state index in [1.54, 1.807) is 0 Å². The van der Waals surface area contributed by atoms with Crippen LogP contribution in [-0.2, 0) is 4.79 Å². The molecule has 5 saturated carbocycles.